The second kappa shape index (κ2) is 6.85. The fraction of sp³-hybridized carbons (Fsp3) is 0.294. The lowest BCUT2D eigenvalue weighted by Crippen LogP contribution is -2.28. The van der Waals surface area contributed by atoms with Crippen LogP contribution >= 0.6 is 24.4 Å². The number of halogens is 2. The lowest BCUT2D eigenvalue weighted by Gasteiger charge is -2.22. The quantitative estimate of drug-likeness (QED) is 0.662. The van der Waals surface area contributed by atoms with Gasteiger partial charge in [0.15, 0.2) is 23.1 Å². The third kappa shape index (κ3) is 3.26. The van der Waals surface area contributed by atoms with Gasteiger partial charge in [-0.05, 0) is 18.9 Å². The minimum Gasteiger partial charge on any atom is -0.364 e. The molecule has 134 valence electrons. The van der Waals surface area contributed by atoms with Crippen molar-refractivity contribution < 1.29 is 9.18 Å². The molecule has 9 heteroatoms. The van der Waals surface area contributed by atoms with E-state index >= 15 is 0 Å². The van der Waals surface area contributed by atoms with E-state index in [0.717, 1.165) is 24.4 Å². The van der Waals surface area contributed by atoms with E-state index in [1.54, 1.807) is 16.2 Å². The maximum Gasteiger partial charge on any atom is 0.183 e. The summed E-state index contributed by atoms with van der Waals surface area (Å²) in [4.78, 5) is 24.3. The van der Waals surface area contributed by atoms with Gasteiger partial charge in [0.25, 0.3) is 0 Å². The topological polar surface area (TPSA) is 72.7 Å². The molecule has 0 bridgehead atoms. The highest BCUT2D eigenvalue weighted by Gasteiger charge is 2.22. The molecular formula is C17H15ClFN5OS. The molecule has 1 unspecified atom stereocenters. The molecule has 0 amide bonds. The number of fused-ring (bicyclic) bond motifs is 1. The minimum atomic E-state index is -0.558. The molecular weight excluding hydrogens is 377 g/mol. The van der Waals surface area contributed by atoms with E-state index in [0.29, 0.717) is 34.9 Å². The monoisotopic (exact) mass is 391 g/mol. The maximum absolute atomic E-state index is 14.2. The van der Waals surface area contributed by atoms with E-state index in [2.05, 4.69) is 33.1 Å². The number of thiol groups is 1. The number of carbonyl (C=O) groups is 1. The van der Waals surface area contributed by atoms with Crippen molar-refractivity contribution in [3.8, 4) is 11.4 Å². The number of pyridine rings is 1. The van der Waals surface area contributed by atoms with Crippen LogP contribution in [-0.4, -0.2) is 30.7 Å². The van der Waals surface area contributed by atoms with Crippen LogP contribution in [0.5, 0.6) is 0 Å². The Hall–Kier alpha value is -2.19. The fourth-order valence-electron chi connectivity index (χ4n) is 3.18. The van der Waals surface area contributed by atoms with Gasteiger partial charge in [-0.25, -0.2) is 19.3 Å². The largest absolute Gasteiger partial charge is 0.364 e. The summed E-state index contributed by atoms with van der Waals surface area (Å²) in [5, 5.41) is 4.23. The smallest absolute Gasteiger partial charge is 0.183 e. The van der Waals surface area contributed by atoms with Crippen LogP contribution in [-0.2, 0) is 4.79 Å². The first kappa shape index (κ1) is 17.2. The molecule has 0 radical (unpaired) electrons. The van der Waals surface area contributed by atoms with Crippen molar-refractivity contribution >= 4 is 47.1 Å². The molecule has 3 heterocycles. The van der Waals surface area contributed by atoms with Crippen molar-refractivity contribution in [1.82, 2.24) is 18.9 Å². The second-order valence-electron chi connectivity index (χ2n) is 6.28. The Labute approximate surface area is 159 Å². The molecule has 0 aromatic carbocycles. The highest BCUT2D eigenvalue weighted by Crippen LogP contribution is 2.31. The maximum atomic E-state index is 14.2. The Kier molecular flexibility index (Phi) is 4.54. The summed E-state index contributed by atoms with van der Waals surface area (Å²) in [6, 6.07) is 1.63. The molecule has 0 spiro atoms. The van der Waals surface area contributed by atoms with Gasteiger partial charge in [0.2, 0.25) is 0 Å². The molecule has 26 heavy (non-hydrogen) atoms. The molecule has 1 aliphatic rings. The molecule has 3 aromatic heterocycles. The van der Waals surface area contributed by atoms with Crippen LogP contribution in [0.15, 0.2) is 24.7 Å². The van der Waals surface area contributed by atoms with E-state index in [1.165, 1.54) is 6.20 Å². The second-order valence-corrected chi connectivity index (χ2v) is 7.15. The summed E-state index contributed by atoms with van der Waals surface area (Å²) in [5.41, 5.74) is 1.25. The lowest BCUT2D eigenvalue weighted by molar-refractivity contribution is -0.120. The zero-order valence-electron chi connectivity index (χ0n) is 13.6. The fourth-order valence-corrected chi connectivity index (χ4v) is 3.62. The molecule has 1 atom stereocenters. The number of ketones is 1. The van der Waals surface area contributed by atoms with Crippen molar-refractivity contribution in [3.05, 3.63) is 35.5 Å². The highest BCUT2D eigenvalue weighted by molar-refractivity contribution is 7.78. The molecule has 1 saturated carbocycles. The Bertz CT molecular complexity index is 1010. The van der Waals surface area contributed by atoms with Crippen LogP contribution in [0.3, 0.4) is 0 Å². The number of anilines is 1. The number of nitrogens with one attached hydrogen (secondary N) is 1. The van der Waals surface area contributed by atoms with E-state index in [9.17, 15) is 9.18 Å². The zero-order chi connectivity index (χ0) is 18.3. The number of Topliss-reactive ketones (excluding diaryl/α,β-unsaturated/α-hetero) is 1. The normalized spacial score (nSPS) is 17.7. The SMILES string of the molecule is O=C1CCCC(Nc2nc(-c3cn(S)c4ncc(Cl)cc34)ncc2F)C1. The molecule has 0 saturated heterocycles. The molecule has 0 aliphatic heterocycles. The Morgan fingerprint density at radius 3 is 3.00 bits per heavy atom. The number of nitrogens with zero attached hydrogens (tertiary/aromatic N) is 4. The summed E-state index contributed by atoms with van der Waals surface area (Å²) < 4.78 is 15.7. The van der Waals surface area contributed by atoms with Crippen LogP contribution in [0.1, 0.15) is 25.7 Å². The third-order valence-electron chi connectivity index (χ3n) is 4.40. The highest BCUT2D eigenvalue weighted by atomic mass is 35.5. The van der Waals surface area contributed by atoms with Gasteiger partial charge in [0, 0.05) is 42.2 Å². The van der Waals surface area contributed by atoms with Crippen LogP contribution in [0.4, 0.5) is 10.2 Å². The predicted molar refractivity (Wildman–Crippen MR) is 101 cm³/mol. The molecule has 1 aliphatic carbocycles. The van der Waals surface area contributed by atoms with Crippen molar-refractivity contribution in [2.24, 2.45) is 0 Å². The zero-order valence-corrected chi connectivity index (χ0v) is 15.3. The van der Waals surface area contributed by atoms with Crippen LogP contribution < -0.4 is 5.32 Å². The standard InChI is InChI=1S/C17H15ClFN5OS/c18-9-4-12-13(8-24(26)17(12)21-6-9)15-20-7-14(19)16(23-15)22-10-2-1-3-11(25)5-10/h4,6-8,10,26H,1-3,5H2,(H,20,22,23). The van der Waals surface area contributed by atoms with Gasteiger partial charge in [0.05, 0.1) is 11.2 Å². The molecule has 6 nitrogen and oxygen atoms in total. The summed E-state index contributed by atoms with van der Waals surface area (Å²) in [5.74, 6) is 0.0440. The van der Waals surface area contributed by atoms with Gasteiger partial charge >= 0.3 is 0 Å². The molecule has 1 N–H and O–H groups in total. The first-order valence-electron chi connectivity index (χ1n) is 8.18. The van der Waals surface area contributed by atoms with Gasteiger partial charge in [-0.3, -0.25) is 8.77 Å². The molecule has 4 rings (SSSR count). The average molecular weight is 392 g/mol. The third-order valence-corrected chi connectivity index (χ3v) is 4.91. The number of hydrogen-bond acceptors (Lipinski definition) is 6. The first-order chi connectivity index (χ1) is 12.5. The van der Waals surface area contributed by atoms with Crippen LogP contribution in [0.2, 0.25) is 5.02 Å². The van der Waals surface area contributed by atoms with Crippen molar-refractivity contribution in [2.45, 2.75) is 31.7 Å². The van der Waals surface area contributed by atoms with Crippen LogP contribution in [0, 0.1) is 5.82 Å². The van der Waals surface area contributed by atoms with Crippen LogP contribution in [0.25, 0.3) is 22.4 Å². The first-order valence-corrected chi connectivity index (χ1v) is 8.96. The minimum absolute atomic E-state index is 0.0877. The predicted octanol–water partition coefficient (Wildman–Crippen LogP) is 3.90. The molecule has 1 fully saturated rings. The van der Waals surface area contributed by atoms with Gasteiger partial charge in [-0.2, -0.15) is 0 Å². The van der Waals surface area contributed by atoms with E-state index in [1.807, 2.05) is 0 Å². The average Bonchev–Trinajstić information content (AvgIpc) is 2.93. The summed E-state index contributed by atoms with van der Waals surface area (Å²) in [6.45, 7) is 0. The Morgan fingerprint density at radius 1 is 1.35 bits per heavy atom. The summed E-state index contributed by atoms with van der Waals surface area (Å²) >= 11 is 10.4. The van der Waals surface area contributed by atoms with Gasteiger partial charge in [0.1, 0.15) is 5.78 Å². The Balaban J connectivity index is 1.72. The summed E-state index contributed by atoms with van der Waals surface area (Å²) in [6.07, 6.45) is 6.93. The number of rotatable bonds is 3. The number of carbonyl (C=O) groups excluding carboxylic acids is 1. The Morgan fingerprint density at radius 2 is 2.19 bits per heavy atom. The van der Waals surface area contributed by atoms with Gasteiger partial charge < -0.3 is 5.32 Å². The van der Waals surface area contributed by atoms with Gasteiger partial charge in [-0.1, -0.05) is 24.4 Å². The van der Waals surface area contributed by atoms with Crippen molar-refractivity contribution in [1.29, 1.82) is 0 Å². The van der Waals surface area contributed by atoms with Crippen molar-refractivity contribution in [3.63, 3.8) is 0 Å². The lowest BCUT2D eigenvalue weighted by atomic mass is 9.94. The molecule has 3 aromatic rings. The number of hydrogen-bond donors (Lipinski definition) is 2. The number of aromatic nitrogens is 4. The summed E-state index contributed by atoms with van der Waals surface area (Å²) in [7, 11) is 0. The van der Waals surface area contributed by atoms with E-state index in [4.69, 9.17) is 11.6 Å². The van der Waals surface area contributed by atoms with Gasteiger partial charge in [-0.15, -0.1) is 0 Å². The van der Waals surface area contributed by atoms with Crippen molar-refractivity contribution in [2.75, 3.05) is 5.32 Å². The van der Waals surface area contributed by atoms with E-state index < -0.39 is 5.82 Å². The van der Waals surface area contributed by atoms with E-state index in [-0.39, 0.29) is 17.6 Å².